The van der Waals surface area contributed by atoms with E-state index in [-0.39, 0.29) is 11.4 Å². The van der Waals surface area contributed by atoms with Crippen LogP contribution in [0.2, 0.25) is 0 Å². The lowest BCUT2D eigenvalue weighted by Crippen LogP contribution is -2.60. The molecule has 0 saturated heterocycles. The molecule has 0 aromatic heterocycles. The molecule has 0 radical (unpaired) electrons. The zero-order valence-electron chi connectivity index (χ0n) is 13.5. The minimum atomic E-state index is -0.687. The number of carbonyl (C=O) groups is 1. The van der Waals surface area contributed by atoms with E-state index in [0.29, 0.717) is 5.92 Å². The monoisotopic (exact) mass is 281 g/mol. The topological polar surface area (TPSA) is 58.4 Å². The number of nitrogens with one attached hydrogen (secondary N) is 1. The van der Waals surface area contributed by atoms with Gasteiger partial charge in [-0.1, -0.05) is 19.8 Å². The van der Waals surface area contributed by atoms with E-state index in [1.807, 2.05) is 6.92 Å². The summed E-state index contributed by atoms with van der Waals surface area (Å²) >= 11 is 0. The van der Waals surface area contributed by atoms with E-state index >= 15 is 0 Å². The van der Waals surface area contributed by atoms with Gasteiger partial charge >= 0.3 is 0 Å². The van der Waals surface area contributed by atoms with E-state index in [1.54, 1.807) is 0 Å². The third kappa shape index (κ3) is 3.17. The van der Waals surface area contributed by atoms with Crippen molar-refractivity contribution >= 4 is 5.91 Å². The number of nitrogens with two attached hydrogens (primary N) is 1. The van der Waals surface area contributed by atoms with Gasteiger partial charge in [0.05, 0.1) is 5.54 Å². The van der Waals surface area contributed by atoms with E-state index in [0.717, 1.165) is 38.1 Å². The van der Waals surface area contributed by atoms with Crippen LogP contribution in [-0.4, -0.2) is 42.5 Å². The highest BCUT2D eigenvalue weighted by Gasteiger charge is 2.45. The standard InChI is InChI=1S/C16H31N3O/c1-12-6-5-9-16(10-12,19(3)4)11-18-14(20)15(2,17)13-7-8-13/h12-13H,5-11,17H2,1-4H3,(H,18,20). The quantitative estimate of drug-likeness (QED) is 0.807. The number of likely N-dealkylation sites (N-methyl/N-ethyl adjacent to an activating group) is 1. The van der Waals surface area contributed by atoms with Crippen molar-refractivity contribution in [3.8, 4) is 0 Å². The van der Waals surface area contributed by atoms with Crippen molar-refractivity contribution in [3.63, 3.8) is 0 Å². The summed E-state index contributed by atoms with van der Waals surface area (Å²) in [6.45, 7) is 4.92. The van der Waals surface area contributed by atoms with Crippen LogP contribution >= 0.6 is 0 Å². The fourth-order valence-corrected chi connectivity index (χ4v) is 3.66. The van der Waals surface area contributed by atoms with Gasteiger partial charge in [0.2, 0.25) is 5.91 Å². The Morgan fingerprint density at radius 1 is 1.40 bits per heavy atom. The summed E-state index contributed by atoms with van der Waals surface area (Å²) in [5.41, 5.74) is 5.62. The van der Waals surface area contributed by atoms with Crippen LogP contribution in [0.15, 0.2) is 0 Å². The molecule has 1 amide bonds. The second kappa shape index (κ2) is 5.64. The Balaban J connectivity index is 1.97. The SMILES string of the molecule is CC1CCCC(CNC(=O)C(C)(N)C2CC2)(N(C)C)C1. The summed E-state index contributed by atoms with van der Waals surface area (Å²) in [4.78, 5) is 14.7. The summed E-state index contributed by atoms with van der Waals surface area (Å²) in [6, 6.07) is 0. The summed E-state index contributed by atoms with van der Waals surface area (Å²) in [5, 5.41) is 3.15. The van der Waals surface area contributed by atoms with Crippen molar-refractivity contribution in [3.05, 3.63) is 0 Å². The average molecular weight is 281 g/mol. The molecule has 3 N–H and O–H groups in total. The number of hydrogen-bond donors (Lipinski definition) is 2. The molecule has 4 heteroatoms. The van der Waals surface area contributed by atoms with Crippen LogP contribution in [0.3, 0.4) is 0 Å². The first-order valence-corrected chi connectivity index (χ1v) is 8.02. The van der Waals surface area contributed by atoms with Gasteiger partial charge in [0, 0.05) is 12.1 Å². The maximum absolute atomic E-state index is 12.4. The third-order valence-corrected chi connectivity index (χ3v) is 5.51. The zero-order chi connectivity index (χ0) is 15.0. The maximum atomic E-state index is 12.4. The molecular weight excluding hydrogens is 250 g/mol. The summed E-state index contributed by atoms with van der Waals surface area (Å²) in [7, 11) is 4.26. The molecule has 2 saturated carbocycles. The molecule has 2 fully saturated rings. The van der Waals surface area contributed by atoms with E-state index in [1.165, 1.54) is 12.8 Å². The van der Waals surface area contributed by atoms with Crippen molar-refractivity contribution in [1.29, 1.82) is 0 Å². The largest absolute Gasteiger partial charge is 0.353 e. The van der Waals surface area contributed by atoms with Gasteiger partial charge in [-0.2, -0.15) is 0 Å². The van der Waals surface area contributed by atoms with Crippen LogP contribution in [0.5, 0.6) is 0 Å². The predicted molar refractivity (Wildman–Crippen MR) is 82.4 cm³/mol. The number of amides is 1. The van der Waals surface area contributed by atoms with Gasteiger partial charge in [-0.3, -0.25) is 4.79 Å². The molecule has 116 valence electrons. The second-order valence-corrected chi connectivity index (χ2v) is 7.56. The third-order valence-electron chi connectivity index (χ3n) is 5.51. The van der Waals surface area contributed by atoms with Crippen molar-refractivity contribution < 1.29 is 4.79 Å². The summed E-state index contributed by atoms with van der Waals surface area (Å²) in [5.74, 6) is 1.14. The summed E-state index contributed by atoms with van der Waals surface area (Å²) < 4.78 is 0. The average Bonchev–Trinajstić information content (AvgIpc) is 3.20. The van der Waals surface area contributed by atoms with Crippen LogP contribution < -0.4 is 11.1 Å². The Labute approximate surface area is 123 Å². The Hall–Kier alpha value is -0.610. The highest BCUT2D eigenvalue weighted by atomic mass is 16.2. The molecule has 0 spiro atoms. The molecule has 0 aromatic rings. The second-order valence-electron chi connectivity index (χ2n) is 7.56. The minimum Gasteiger partial charge on any atom is -0.353 e. The van der Waals surface area contributed by atoms with Gasteiger partial charge in [0.15, 0.2) is 0 Å². The lowest BCUT2D eigenvalue weighted by Gasteiger charge is -2.45. The Bertz CT molecular complexity index is 363. The fraction of sp³-hybridized carbons (Fsp3) is 0.938. The first-order chi connectivity index (χ1) is 9.28. The number of nitrogens with zero attached hydrogens (tertiary/aromatic N) is 1. The van der Waals surface area contributed by atoms with Crippen molar-refractivity contribution in [2.24, 2.45) is 17.6 Å². The zero-order valence-corrected chi connectivity index (χ0v) is 13.5. The predicted octanol–water partition coefficient (Wildman–Crippen LogP) is 1.74. The van der Waals surface area contributed by atoms with Crippen molar-refractivity contribution in [2.75, 3.05) is 20.6 Å². The molecular formula is C16H31N3O. The van der Waals surface area contributed by atoms with E-state index in [9.17, 15) is 4.79 Å². The smallest absolute Gasteiger partial charge is 0.240 e. The first-order valence-electron chi connectivity index (χ1n) is 8.02. The minimum absolute atomic E-state index is 0.0273. The molecule has 2 aliphatic rings. The highest BCUT2D eigenvalue weighted by Crippen LogP contribution is 2.39. The lowest BCUT2D eigenvalue weighted by atomic mass is 9.75. The molecule has 0 bridgehead atoms. The molecule has 4 nitrogen and oxygen atoms in total. The molecule has 0 aromatic carbocycles. The highest BCUT2D eigenvalue weighted by molar-refractivity contribution is 5.86. The number of rotatable bonds is 5. The van der Waals surface area contributed by atoms with Crippen LogP contribution in [0, 0.1) is 11.8 Å². The van der Waals surface area contributed by atoms with Gasteiger partial charge in [0.25, 0.3) is 0 Å². The summed E-state index contributed by atoms with van der Waals surface area (Å²) in [6.07, 6.45) is 7.06. The van der Waals surface area contributed by atoms with E-state index < -0.39 is 5.54 Å². The van der Waals surface area contributed by atoms with Crippen LogP contribution in [0.1, 0.15) is 52.4 Å². The van der Waals surface area contributed by atoms with Gasteiger partial charge < -0.3 is 16.0 Å². The van der Waals surface area contributed by atoms with Crippen LogP contribution in [-0.2, 0) is 4.79 Å². The van der Waals surface area contributed by atoms with Gasteiger partial charge in [-0.15, -0.1) is 0 Å². The Morgan fingerprint density at radius 2 is 2.05 bits per heavy atom. The fourth-order valence-electron chi connectivity index (χ4n) is 3.66. The van der Waals surface area contributed by atoms with Crippen LogP contribution in [0.25, 0.3) is 0 Å². The molecule has 2 aliphatic carbocycles. The normalized spacial score (nSPS) is 33.8. The molecule has 0 heterocycles. The number of hydrogen-bond acceptors (Lipinski definition) is 3. The maximum Gasteiger partial charge on any atom is 0.240 e. The molecule has 3 atom stereocenters. The molecule has 2 rings (SSSR count). The van der Waals surface area contributed by atoms with E-state index in [4.69, 9.17) is 5.73 Å². The van der Waals surface area contributed by atoms with Crippen LogP contribution in [0.4, 0.5) is 0 Å². The molecule has 20 heavy (non-hydrogen) atoms. The molecule has 3 unspecified atom stereocenters. The Kier molecular flexibility index (Phi) is 4.45. The van der Waals surface area contributed by atoms with Crippen molar-refractivity contribution in [1.82, 2.24) is 10.2 Å². The van der Waals surface area contributed by atoms with Gasteiger partial charge in [-0.25, -0.2) is 0 Å². The van der Waals surface area contributed by atoms with E-state index in [2.05, 4.69) is 31.2 Å². The first kappa shape index (κ1) is 15.8. The number of carbonyl (C=O) groups excluding carboxylic acids is 1. The van der Waals surface area contributed by atoms with Crippen molar-refractivity contribution in [2.45, 2.75) is 63.5 Å². The van der Waals surface area contributed by atoms with Gasteiger partial charge in [0.1, 0.15) is 0 Å². The van der Waals surface area contributed by atoms with Gasteiger partial charge in [-0.05, 0) is 58.5 Å². The molecule has 0 aliphatic heterocycles. The lowest BCUT2D eigenvalue weighted by molar-refractivity contribution is -0.127. The Morgan fingerprint density at radius 3 is 2.55 bits per heavy atom.